The maximum atomic E-state index is 13.6. The van der Waals surface area contributed by atoms with Gasteiger partial charge in [0.25, 0.3) is 15.6 Å². The lowest BCUT2D eigenvalue weighted by Gasteiger charge is -2.30. The number of anilines is 1. The number of carbonyl (C=O) groups is 1. The Hall–Kier alpha value is -3.57. The molecule has 1 N–H and O–H groups in total. The zero-order chi connectivity index (χ0) is 25.3. The molecule has 0 atom stereocenters. The number of nitrogens with one attached hydrogen (secondary N) is 1. The van der Waals surface area contributed by atoms with Crippen molar-refractivity contribution in [2.75, 3.05) is 24.2 Å². The van der Waals surface area contributed by atoms with E-state index in [1.54, 1.807) is 18.4 Å². The number of esters is 1. The van der Waals surface area contributed by atoms with Gasteiger partial charge in [0.15, 0.2) is 0 Å². The van der Waals surface area contributed by atoms with Gasteiger partial charge in [-0.25, -0.2) is 22.6 Å². The van der Waals surface area contributed by atoms with Crippen LogP contribution in [0.25, 0.3) is 17.2 Å². The van der Waals surface area contributed by atoms with Crippen LogP contribution in [-0.2, 0) is 26.0 Å². The Kier molecular flexibility index (Phi) is 6.73. The number of aromatic nitrogens is 2. The van der Waals surface area contributed by atoms with E-state index in [1.165, 1.54) is 35.7 Å². The second-order valence-electron chi connectivity index (χ2n) is 7.76. The number of methoxy groups -OCH3 is 1. The molecule has 0 spiro atoms. The maximum absolute atomic E-state index is 13.6. The quantitative estimate of drug-likeness (QED) is 0.500. The minimum atomic E-state index is -3.98. The van der Waals surface area contributed by atoms with Crippen LogP contribution in [0.15, 0.2) is 63.0 Å². The molecule has 0 unspecified atom stereocenters. The summed E-state index contributed by atoms with van der Waals surface area (Å²) in [4.78, 5) is 40.7. The van der Waals surface area contributed by atoms with E-state index >= 15 is 0 Å². The van der Waals surface area contributed by atoms with Gasteiger partial charge >= 0.3 is 11.7 Å². The van der Waals surface area contributed by atoms with Gasteiger partial charge in [0, 0.05) is 11.9 Å². The van der Waals surface area contributed by atoms with Crippen molar-refractivity contribution in [2.45, 2.75) is 17.7 Å². The molecule has 0 fully saturated rings. The van der Waals surface area contributed by atoms with Crippen LogP contribution in [0.2, 0.25) is 0 Å². The summed E-state index contributed by atoms with van der Waals surface area (Å²) in [6, 6.07) is 12.9. The summed E-state index contributed by atoms with van der Waals surface area (Å²) in [5, 5.41) is -0.165. The molecule has 3 aromatic rings. The van der Waals surface area contributed by atoms with Crippen LogP contribution in [0.3, 0.4) is 0 Å². The second-order valence-corrected chi connectivity index (χ2v) is 10.4. The third-order valence-electron chi connectivity index (χ3n) is 5.71. The Bertz CT molecular complexity index is 1660. The first kappa shape index (κ1) is 24.6. The number of aryl methyl sites for hydroxylation is 1. The lowest BCUT2D eigenvalue weighted by atomic mass is 10.0. The number of aromatic amines is 1. The molecule has 0 aliphatic carbocycles. The zero-order valence-corrected chi connectivity index (χ0v) is 20.7. The van der Waals surface area contributed by atoms with Crippen molar-refractivity contribution in [3.63, 3.8) is 0 Å². The van der Waals surface area contributed by atoms with E-state index in [2.05, 4.69) is 11.6 Å². The van der Waals surface area contributed by atoms with E-state index in [4.69, 9.17) is 4.74 Å². The van der Waals surface area contributed by atoms with Gasteiger partial charge < -0.3 is 9.72 Å². The fraction of sp³-hybridized carbons (Fsp3) is 0.208. The summed E-state index contributed by atoms with van der Waals surface area (Å²) in [6.45, 7) is 4.00. The Labute approximate surface area is 205 Å². The molecule has 0 amide bonds. The Morgan fingerprint density at radius 1 is 1.14 bits per heavy atom. The number of nitrogens with zero attached hydrogens (tertiary/aromatic N) is 2. The molecule has 0 radical (unpaired) electrons. The lowest BCUT2D eigenvalue weighted by molar-refractivity contribution is -0.133. The van der Waals surface area contributed by atoms with Gasteiger partial charge in [-0.3, -0.25) is 9.10 Å². The number of para-hydroxylation sites is 1. The highest BCUT2D eigenvalue weighted by Gasteiger charge is 2.29. The van der Waals surface area contributed by atoms with Crippen LogP contribution in [0.4, 0.5) is 5.69 Å². The van der Waals surface area contributed by atoms with E-state index in [-0.39, 0.29) is 26.1 Å². The van der Waals surface area contributed by atoms with Gasteiger partial charge in [0.2, 0.25) is 0 Å². The smallest absolute Gasteiger partial charge is 0.345 e. The van der Waals surface area contributed by atoms with Crippen molar-refractivity contribution in [1.29, 1.82) is 0 Å². The van der Waals surface area contributed by atoms with Gasteiger partial charge in [0.05, 0.1) is 28.6 Å². The molecule has 1 aromatic heterocycles. The first-order valence-corrected chi connectivity index (χ1v) is 13.3. The molecule has 0 bridgehead atoms. The van der Waals surface area contributed by atoms with Gasteiger partial charge in [-0.05, 0) is 48.9 Å². The summed E-state index contributed by atoms with van der Waals surface area (Å²) in [7, 11) is -2.80. The minimum Gasteiger partial charge on any atom is -0.465 e. The van der Waals surface area contributed by atoms with Crippen LogP contribution in [0.1, 0.15) is 12.0 Å². The van der Waals surface area contributed by atoms with Crippen LogP contribution < -0.4 is 26.1 Å². The number of ether oxygens (including phenoxy) is 1. The first-order valence-electron chi connectivity index (χ1n) is 10.6. The standard InChI is InChI=1S/C24H23N3O6S2/c1-15-20(21(34-3)23(29)33-2)22(28)27(24(30)25-15)17-10-6-11-18(14-17)35(31,32)26-13-7-9-16-8-4-5-12-19(16)26/h4-6,8,10-12,14H,1,7,9,13H2,2-3H3,(H,25,30)/b21-20+. The van der Waals surface area contributed by atoms with E-state index < -0.39 is 27.2 Å². The highest BCUT2D eigenvalue weighted by molar-refractivity contribution is 8.08. The summed E-state index contributed by atoms with van der Waals surface area (Å²) in [6.07, 6.45) is 3.04. The fourth-order valence-corrected chi connectivity index (χ4v) is 6.33. The monoisotopic (exact) mass is 513 g/mol. The highest BCUT2D eigenvalue weighted by atomic mass is 32.2. The molecule has 11 heteroatoms. The summed E-state index contributed by atoms with van der Waals surface area (Å²) in [5.41, 5.74) is -0.0441. The van der Waals surface area contributed by atoms with Crippen molar-refractivity contribution in [3.05, 3.63) is 85.5 Å². The lowest BCUT2D eigenvalue weighted by Crippen LogP contribution is -2.54. The molecule has 35 heavy (non-hydrogen) atoms. The molecule has 1 aliphatic rings. The Morgan fingerprint density at radius 3 is 2.60 bits per heavy atom. The van der Waals surface area contributed by atoms with E-state index in [0.717, 1.165) is 28.3 Å². The van der Waals surface area contributed by atoms with Gasteiger partial charge in [0.1, 0.15) is 4.91 Å². The Balaban J connectivity index is 1.92. The van der Waals surface area contributed by atoms with Gasteiger partial charge in [-0.15, -0.1) is 11.8 Å². The summed E-state index contributed by atoms with van der Waals surface area (Å²) >= 11 is 0.978. The number of fused-ring (bicyclic) bond motifs is 1. The second kappa shape index (κ2) is 9.59. The van der Waals surface area contributed by atoms with Crippen LogP contribution >= 0.6 is 11.8 Å². The number of sulfonamides is 1. The number of carbonyl (C=O) groups excluding carboxylic acids is 1. The largest absolute Gasteiger partial charge is 0.465 e. The molecule has 0 saturated heterocycles. The SMILES string of the molecule is C=c1[nH]c(=O)n(-c2cccc(S(=O)(=O)N3CCCc4ccccc43)c2)c(=O)/c1=C(/SC)C(=O)OC. The number of hydrogen-bond donors (Lipinski definition) is 1. The number of H-pyrrole nitrogens is 1. The molecule has 0 saturated carbocycles. The van der Waals surface area contributed by atoms with Crippen LogP contribution in [-0.4, -0.2) is 43.8 Å². The van der Waals surface area contributed by atoms with E-state index in [9.17, 15) is 22.8 Å². The first-order chi connectivity index (χ1) is 16.7. The highest BCUT2D eigenvalue weighted by Crippen LogP contribution is 2.32. The molecular weight excluding hydrogens is 490 g/mol. The molecule has 1 aliphatic heterocycles. The van der Waals surface area contributed by atoms with E-state index in [1.807, 2.05) is 12.1 Å². The normalized spacial score (nSPS) is 14.3. The number of hydrogen-bond acceptors (Lipinski definition) is 7. The maximum Gasteiger partial charge on any atom is 0.345 e. The Morgan fingerprint density at radius 2 is 1.89 bits per heavy atom. The number of thioether (sulfide) groups is 1. The third-order valence-corrected chi connectivity index (χ3v) is 8.30. The molecule has 2 aromatic carbocycles. The van der Waals surface area contributed by atoms with Gasteiger partial charge in [-0.1, -0.05) is 30.8 Å². The topological polar surface area (TPSA) is 119 Å². The zero-order valence-electron chi connectivity index (χ0n) is 19.1. The third kappa shape index (κ3) is 4.32. The van der Waals surface area contributed by atoms with Crippen molar-refractivity contribution >= 4 is 44.9 Å². The minimum absolute atomic E-state index is 0.0267. The van der Waals surface area contributed by atoms with Crippen molar-refractivity contribution in [3.8, 4) is 5.69 Å². The molecule has 9 nitrogen and oxygen atoms in total. The summed E-state index contributed by atoms with van der Waals surface area (Å²) in [5.74, 6) is -0.752. The van der Waals surface area contributed by atoms with Gasteiger partial charge in [-0.2, -0.15) is 0 Å². The molecular formula is C24H23N3O6S2. The van der Waals surface area contributed by atoms with Crippen molar-refractivity contribution in [2.24, 2.45) is 0 Å². The van der Waals surface area contributed by atoms with E-state index in [0.29, 0.717) is 18.7 Å². The van der Waals surface area contributed by atoms with Crippen LogP contribution in [0.5, 0.6) is 0 Å². The van der Waals surface area contributed by atoms with Crippen LogP contribution in [0, 0.1) is 0 Å². The average Bonchev–Trinajstić information content (AvgIpc) is 2.85. The van der Waals surface area contributed by atoms with Crippen molar-refractivity contribution < 1.29 is 17.9 Å². The van der Waals surface area contributed by atoms with Crippen molar-refractivity contribution in [1.82, 2.24) is 9.55 Å². The number of rotatable bonds is 5. The predicted octanol–water partition coefficient (Wildman–Crippen LogP) is 0.722. The molecule has 182 valence electrons. The predicted molar refractivity (Wildman–Crippen MR) is 136 cm³/mol. The summed E-state index contributed by atoms with van der Waals surface area (Å²) < 4.78 is 34.0. The number of benzene rings is 2. The molecule has 4 rings (SSSR count). The molecule has 2 heterocycles. The fourth-order valence-electron chi connectivity index (χ4n) is 4.09. The average molecular weight is 514 g/mol.